The molecule has 1 saturated heterocycles. The fourth-order valence-electron chi connectivity index (χ4n) is 2.14. The van der Waals surface area contributed by atoms with E-state index in [9.17, 15) is 9.90 Å². The molecule has 1 aliphatic rings. The summed E-state index contributed by atoms with van der Waals surface area (Å²) in [6.07, 6.45) is 2.04. The average Bonchev–Trinajstić information content (AvgIpc) is 2.35. The molecule has 5 heteroatoms. The third-order valence-electron chi connectivity index (χ3n) is 3.29. The molecule has 0 aliphatic carbocycles. The van der Waals surface area contributed by atoms with Crippen molar-refractivity contribution in [1.82, 2.24) is 10.6 Å². The van der Waals surface area contributed by atoms with Crippen molar-refractivity contribution in [2.75, 3.05) is 6.54 Å². The third-order valence-corrected chi connectivity index (χ3v) is 3.59. The summed E-state index contributed by atoms with van der Waals surface area (Å²) in [5, 5.41) is 15.8. The number of nitrogens with one attached hydrogen (secondary N) is 2. The monoisotopic (exact) mass is 268 g/mol. The van der Waals surface area contributed by atoms with E-state index in [0.29, 0.717) is 5.56 Å². The largest absolute Gasteiger partial charge is 0.506 e. The van der Waals surface area contributed by atoms with Crippen molar-refractivity contribution in [1.29, 1.82) is 0 Å². The molecular weight excluding hydrogens is 252 g/mol. The van der Waals surface area contributed by atoms with Crippen molar-refractivity contribution >= 4 is 17.5 Å². The maximum atomic E-state index is 12.0. The van der Waals surface area contributed by atoms with Crippen LogP contribution >= 0.6 is 11.6 Å². The summed E-state index contributed by atoms with van der Waals surface area (Å²) in [5.41, 5.74) is 0.468. The van der Waals surface area contributed by atoms with Gasteiger partial charge in [-0.1, -0.05) is 11.6 Å². The van der Waals surface area contributed by atoms with E-state index in [2.05, 4.69) is 17.6 Å². The van der Waals surface area contributed by atoms with Gasteiger partial charge in [-0.15, -0.1) is 0 Å². The maximum Gasteiger partial charge on any atom is 0.251 e. The standard InChI is InChI=1S/C13H17ClN2O2/c1-8-11(3-2-6-15-8)16-13(18)9-4-5-12(17)10(14)7-9/h4-5,7-8,11,15,17H,2-3,6H2,1H3,(H,16,18). The number of rotatable bonds is 2. The van der Waals surface area contributed by atoms with Crippen molar-refractivity contribution in [2.45, 2.75) is 31.8 Å². The molecule has 1 amide bonds. The summed E-state index contributed by atoms with van der Waals surface area (Å²) in [6.45, 7) is 3.06. The zero-order valence-corrected chi connectivity index (χ0v) is 11.0. The Morgan fingerprint density at radius 3 is 3.00 bits per heavy atom. The number of aromatic hydroxyl groups is 1. The predicted octanol–water partition coefficient (Wildman–Crippen LogP) is 1.92. The molecule has 98 valence electrons. The summed E-state index contributed by atoms with van der Waals surface area (Å²) in [5.74, 6) is -0.168. The fourth-order valence-corrected chi connectivity index (χ4v) is 2.32. The second-order valence-electron chi connectivity index (χ2n) is 4.63. The van der Waals surface area contributed by atoms with Crippen LogP contribution in [0.5, 0.6) is 5.75 Å². The van der Waals surface area contributed by atoms with E-state index in [4.69, 9.17) is 11.6 Å². The van der Waals surface area contributed by atoms with E-state index >= 15 is 0 Å². The molecule has 1 aromatic rings. The van der Waals surface area contributed by atoms with Crippen molar-refractivity contribution < 1.29 is 9.90 Å². The molecule has 1 fully saturated rings. The molecule has 0 bridgehead atoms. The Balaban J connectivity index is 2.04. The molecule has 2 atom stereocenters. The van der Waals surface area contributed by atoms with Gasteiger partial charge in [-0.05, 0) is 44.5 Å². The minimum absolute atomic E-state index is 0.0130. The molecule has 0 aromatic heterocycles. The van der Waals surface area contributed by atoms with E-state index in [1.807, 2.05) is 0 Å². The van der Waals surface area contributed by atoms with Crippen LogP contribution in [-0.2, 0) is 0 Å². The fraction of sp³-hybridized carbons (Fsp3) is 0.462. The maximum absolute atomic E-state index is 12.0. The molecule has 0 spiro atoms. The highest BCUT2D eigenvalue weighted by Gasteiger charge is 2.22. The van der Waals surface area contributed by atoms with Crippen molar-refractivity contribution in [3.05, 3.63) is 28.8 Å². The van der Waals surface area contributed by atoms with Gasteiger partial charge in [0.25, 0.3) is 5.91 Å². The zero-order valence-electron chi connectivity index (χ0n) is 10.2. The van der Waals surface area contributed by atoms with Gasteiger partial charge < -0.3 is 15.7 Å². The number of hydrogen-bond donors (Lipinski definition) is 3. The SMILES string of the molecule is CC1NCCCC1NC(=O)c1ccc(O)c(Cl)c1. The number of piperidine rings is 1. The number of carbonyl (C=O) groups excluding carboxylic acids is 1. The Kier molecular flexibility index (Phi) is 4.09. The minimum Gasteiger partial charge on any atom is -0.506 e. The highest BCUT2D eigenvalue weighted by Crippen LogP contribution is 2.23. The number of halogens is 1. The first-order valence-electron chi connectivity index (χ1n) is 6.10. The van der Waals surface area contributed by atoms with Gasteiger partial charge in [-0.25, -0.2) is 0 Å². The summed E-state index contributed by atoms with van der Waals surface area (Å²) in [4.78, 5) is 12.0. The number of phenols is 1. The quantitative estimate of drug-likeness (QED) is 0.768. The smallest absolute Gasteiger partial charge is 0.251 e. The minimum atomic E-state index is -0.155. The van der Waals surface area contributed by atoms with Crippen molar-refractivity contribution in [2.24, 2.45) is 0 Å². The Morgan fingerprint density at radius 1 is 1.56 bits per heavy atom. The normalized spacial score (nSPS) is 23.7. The summed E-state index contributed by atoms with van der Waals surface area (Å²) in [7, 11) is 0. The number of phenolic OH excluding ortho intramolecular Hbond substituents is 1. The number of amides is 1. The molecule has 1 aliphatic heterocycles. The summed E-state index contributed by atoms with van der Waals surface area (Å²) >= 11 is 5.79. The molecular formula is C13H17ClN2O2. The van der Waals surface area contributed by atoms with Crippen molar-refractivity contribution in [3.8, 4) is 5.75 Å². The Labute approximate surface area is 111 Å². The lowest BCUT2D eigenvalue weighted by molar-refractivity contribution is 0.0920. The molecule has 0 radical (unpaired) electrons. The number of carbonyl (C=O) groups is 1. The van der Waals surface area contributed by atoms with E-state index in [0.717, 1.165) is 19.4 Å². The van der Waals surface area contributed by atoms with Crippen LogP contribution in [0.3, 0.4) is 0 Å². The van der Waals surface area contributed by atoms with Gasteiger partial charge in [0.1, 0.15) is 5.75 Å². The third kappa shape index (κ3) is 2.94. The Hall–Kier alpha value is -1.26. The number of benzene rings is 1. The van der Waals surface area contributed by atoms with Crippen LogP contribution in [-0.4, -0.2) is 29.6 Å². The first-order valence-corrected chi connectivity index (χ1v) is 6.48. The summed E-state index contributed by atoms with van der Waals surface area (Å²) < 4.78 is 0. The van der Waals surface area contributed by atoms with E-state index in [-0.39, 0.29) is 28.8 Å². The van der Waals surface area contributed by atoms with Gasteiger partial charge in [0.2, 0.25) is 0 Å². The van der Waals surface area contributed by atoms with Crippen LogP contribution in [0.4, 0.5) is 0 Å². The molecule has 1 aromatic carbocycles. The highest BCUT2D eigenvalue weighted by molar-refractivity contribution is 6.32. The Bertz CT molecular complexity index is 451. The van der Waals surface area contributed by atoms with Gasteiger partial charge in [0.15, 0.2) is 0 Å². The molecule has 18 heavy (non-hydrogen) atoms. The molecule has 0 saturated carbocycles. The van der Waals surface area contributed by atoms with Gasteiger partial charge in [0.05, 0.1) is 5.02 Å². The van der Waals surface area contributed by atoms with Gasteiger partial charge in [-0.3, -0.25) is 4.79 Å². The number of hydrogen-bond acceptors (Lipinski definition) is 3. The lowest BCUT2D eigenvalue weighted by Crippen LogP contribution is -2.51. The van der Waals surface area contributed by atoms with Crippen LogP contribution in [0.15, 0.2) is 18.2 Å². The molecule has 4 nitrogen and oxygen atoms in total. The molecule has 3 N–H and O–H groups in total. The zero-order chi connectivity index (χ0) is 13.1. The van der Waals surface area contributed by atoms with Gasteiger partial charge in [-0.2, -0.15) is 0 Å². The van der Waals surface area contributed by atoms with Crippen LogP contribution in [0, 0.1) is 0 Å². The lowest BCUT2D eigenvalue weighted by atomic mass is 9.99. The van der Waals surface area contributed by atoms with Crippen LogP contribution in [0.25, 0.3) is 0 Å². The summed E-state index contributed by atoms with van der Waals surface area (Å²) in [6, 6.07) is 4.89. The second-order valence-corrected chi connectivity index (χ2v) is 5.04. The van der Waals surface area contributed by atoms with Gasteiger partial charge in [0, 0.05) is 17.6 Å². The lowest BCUT2D eigenvalue weighted by Gasteiger charge is -2.30. The van der Waals surface area contributed by atoms with Gasteiger partial charge >= 0.3 is 0 Å². The molecule has 2 unspecified atom stereocenters. The van der Waals surface area contributed by atoms with Crippen LogP contribution < -0.4 is 10.6 Å². The molecule has 1 heterocycles. The molecule has 2 rings (SSSR count). The van der Waals surface area contributed by atoms with Crippen LogP contribution in [0.1, 0.15) is 30.1 Å². The second kappa shape index (κ2) is 5.59. The van der Waals surface area contributed by atoms with E-state index in [1.54, 1.807) is 6.07 Å². The highest BCUT2D eigenvalue weighted by atomic mass is 35.5. The van der Waals surface area contributed by atoms with Crippen LogP contribution in [0.2, 0.25) is 5.02 Å². The Morgan fingerprint density at radius 2 is 2.33 bits per heavy atom. The van der Waals surface area contributed by atoms with Crippen molar-refractivity contribution in [3.63, 3.8) is 0 Å². The predicted molar refractivity (Wildman–Crippen MR) is 71.1 cm³/mol. The first kappa shape index (κ1) is 13.2. The average molecular weight is 269 g/mol. The topological polar surface area (TPSA) is 61.4 Å². The van der Waals surface area contributed by atoms with E-state index < -0.39 is 0 Å². The first-order chi connectivity index (χ1) is 8.58. The van der Waals surface area contributed by atoms with E-state index in [1.165, 1.54) is 12.1 Å².